The van der Waals surface area contributed by atoms with Crippen molar-refractivity contribution in [2.45, 2.75) is 64.0 Å². The number of unbranched alkanes of at least 4 members (excludes halogenated alkanes) is 1. The number of likely N-dealkylation sites (tertiary alicyclic amines) is 1. The van der Waals surface area contributed by atoms with Gasteiger partial charge in [0.15, 0.2) is 0 Å². The second-order valence-electron chi connectivity index (χ2n) is 10.4. The Hall–Kier alpha value is -3.31. The molecular weight excluding hydrogens is 559 g/mol. The van der Waals surface area contributed by atoms with Crippen molar-refractivity contribution < 1.29 is 14.3 Å². The smallest absolute Gasteiger partial charge is 0.245 e. The van der Waals surface area contributed by atoms with E-state index in [4.69, 9.17) is 27.9 Å². The standard InChI is InChI=1S/C32H36Cl2N4O3/c1-4-6-14-41-32(26-11-8-7-10-22(26)3)19-38(20-32)31(40)28(15-23-12-13-25(33)17-27(23)34)37-30(39)16-24(9-5-2)29-18-35-21-36-29/h7-8,10-13,17-18,21,24,28H,4,6,14-16,19-20H2,1-3H3,(H,35,36)(H,37,39). The Morgan fingerprint density at radius 1 is 1.22 bits per heavy atom. The zero-order valence-electron chi connectivity index (χ0n) is 23.7. The number of benzene rings is 2. The van der Waals surface area contributed by atoms with Gasteiger partial charge in [-0.2, -0.15) is 0 Å². The van der Waals surface area contributed by atoms with E-state index in [0.29, 0.717) is 35.4 Å². The van der Waals surface area contributed by atoms with Crippen molar-refractivity contribution in [2.24, 2.45) is 0 Å². The van der Waals surface area contributed by atoms with Crippen molar-refractivity contribution in [3.8, 4) is 11.8 Å². The molecule has 7 nitrogen and oxygen atoms in total. The maximum atomic E-state index is 14.0. The Morgan fingerprint density at radius 2 is 2.00 bits per heavy atom. The molecule has 0 radical (unpaired) electrons. The molecule has 2 atom stereocenters. The summed E-state index contributed by atoms with van der Waals surface area (Å²) in [4.78, 5) is 36.2. The number of amides is 2. The van der Waals surface area contributed by atoms with E-state index >= 15 is 0 Å². The van der Waals surface area contributed by atoms with Crippen molar-refractivity contribution in [3.05, 3.63) is 87.4 Å². The highest BCUT2D eigenvalue weighted by atomic mass is 35.5. The second-order valence-corrected chi connectivity index (χ2v) is 11.3. The third kappa shape index (κ3) is 7.51. The van der Waals surface area contributed by atoms with Crippen LogP contribution in [0.3, 0.4) is 0 Å². The van der Waals surface area contributed by atoms with E-state index in [-0.39, 0.29) is 24.7 Å². The van der Waals surface area contributed by atoms with Crippen LogP contribution in [-0.4, -0.2) is 52.4 Å². The van der Waals surface area contributed by atoms with Crippen LogP contribution < -0.4 is 5.32 Å². The fraction of sp³-hybridized carbons (Fsp3) is 0.406. The van der Waals surface area contributed by atoms with Crippen LogP contribution in [-0.2, 0) is 26.3 Å². The number of nitrogens with zero attached hydrogens (tertiary/aromatic N) is 2. The molecule has 9 heteroatoms. The third-order valence-electron chi connectivity index (χ3n) is 7.37. The molecule has 1 aromatic heterocycles. The fourth-order valence-corrected chi connectivity index (χ4v) is 5.68. The van der Waals surface area contributed by atoms with E-state index in [2.05, 4.69) is 53.1 Å². The molecule has 2 N–H and O–H groups in total. The van der Waals surface area contributed by atoms with E-state index in [9.17, 15) is 9.59 Å². The molecule has 1 saturated heterocycles. The zero-order valence-corrected chi connectivity index (χ0v) is 25.2. The summed E-state index contributed by atoms with van der Waals surface area (Å²) in [5.41, 5.74) is 3.02. The van der Waals surface area contributed by atoms with Gasteiger partial charge in [-0.15, -0.1) is 5.92 Å². The van der Waals surface area contributed by atoms with Gasteiger partial charge in [-0.05, 0) is 49.1 Å². The molecule has 0 aliphatic carbocycles. The summed E-state index contributed by atoms with van der Waals surface area (Å²) in [6.07, 6.45) is 5.52. The van der Waals surface area contributed by atoms with E-state index in [1.165, 1.54) is 0 Å². The number of aromatic amines is 1. The van der Waals surface area contributed by atoms with E-state index < -0.39 is 17.6 Å². The van der Waals surface area contributed by atoms with E-state index in [1.54, 1.807) is 42.5 Å². The first kappa shape index (κ1) is 30.6. The molecule has 3 aromatic rings. The number of imidazole rings is 1. The highest BCUT2D eigenvalue weighted by Gasteiger charge is 2.49. The number of carbonyl (C=O) groups excluding carboxylic acids is 2. The molecule has 216 valence electrons. The molecule has 1 fully saturated rings. The summed E-state index contributed by atoms with van der Waals surface area (Å²) in [5, 5.41) is 3.91. The summed E-state index contributed by atoms with van der Waals surface area (Å²) in [6, 6.07) is 12.4. The van der Waals surface area contributed by atoms with Gasteiger partial charge in [0, 0.05) is 35.7 Å². The van der Waals surface area contributed by atoms with E-state index in [1.807, 2.05) is 12.1 Å². The minimum atomic E-state index is -0.832. The Bertz CT molecular complexity index is 1410. The molecule has 0 saturated carbocycles. The zero-order chi connectivity index (χ0) is 29.4. The lowest BCUT2D eigenvalue weighted by molar-refractivity contribution is -0.175. The predicted octanol–water partition coefficient (Wildman–Crippen LogP) is 5.80. The summed E-state index contributed by atoms with van der Waals surface area (Å²) in [5.74, 6) is 5.04. The maximum Gasteiger partial charge on any atom is 0.245 e. The Balaban J connectivity index is 1.55. The Kier molecular flexibility index (Phi) is 10.5. The molecule has 0 spiro atoms. The van der Waals surface area contributed by atoms with Crippen molar-refractivity contribution in [1.82, 2.24) is 20.2 Å². The molecule has 2 amide bonds. The number of H-pyrrole nitrogens is 1. The van der Waals surface area contributed by atoms with Gasteiger partial charge in [-0.1, -0.05) is 72.8 Å². The lowest BCUT2D eigenvalue weighted by Crippen LogP contribution is -2.66. The molecular formula is C32H36Cl2N4O3. The van der Waals surface area contributed by atoms with Gasteiger partial charge < -0.3 is 19.9 Å². The number of nitrogens with one attached hydrogen (secondary N) is 2. The minimum absolute atomic E-state index is 0.0666. The number of rotatable bonds is 12. The number of hydrogen-bond donors (Lipinski definition) is 2. The minimum Gasteiger partial charge on any atom is -0.367 e. The van der Waals surface area contributed by atoms with Crippen molar-refractivity contribution in [1.29, 1.82) is 0 Å². The highest BCUT2D eigenvalue weighted by Crippen LogP contribution is 2.38. The summed E-state index contributed by atoms with van der Waals surface area (Å²) < 4.78 is 6.44. The summed E-state index contributed by atoms with van der Waals surface area (Å²) in [6.45, 7) is 7.32. The molecule has 2 heterocycles. The average molecular weight is 596 g/mol. The van der Waals surface area contributed by atoms with Crippen LogP contribution in [0.25, 0.3) is 0 Å². The maximum absolute atomic E-state index is 14.0. The van der Waals surface area contributed by atoms with Crippen molar-refractivity contribution in [3.63, 3.8) is 0 Å². The van der Waals surface area contributed by atoms with Crippen LogP contribution in [0, 0.1) is 18.8 Å². The van der Waals surface area contributed by atoms with Crippen LogP contribution in [0.2, 0.25) is 10.0 Å². The number of halogens is 2. The molecule has 1 aliphatic rings. The first-order valence-electron chi connectivity index (χ1n) is 13.9. The van der Waals surface area contributed by atoms with Crippen LogP contribution in [0.4, 0.5) is 0 Å². The first-order chi connectivity index (χ1) is 19.8. The molecule has 2 aromatic carbocycles. The topological polar surface area (TPSA) is 87.3 Å². The predicted molar refractivity (Wildman–Crippen MR) is 162 cm³/mol. The summed E-state index contributed by atoms with van der Waals surface area (Å²) in [7, 11) is 0. The van der Waals surface area contributed by atoms with Crippen LogP contribution in [0.5, 0.6) is 0 Å². The van der Waals surface area contributed by atoms with Gasteiger partial charge >= 0.3 is 0 Å². The van der Waals surface area contributed by atoms with Gasteiger partial charge in [0.05, 0.1) is 31.0 Å². The van der Waals surface area contributed by atoms with Gasteiger partial charge in [-0.3, -0.25) is 9.59 Å². The number of hydrogen-bond acceptors (Lipinski definition) is 4. The average Bonchev–Trinajstić information content (AvgIpc) is 3.46. The Morgan fingerprint density at radius 3 is 2.66 bits per heavy atom. The first-order valence-corrected chi connectivity index (χ1v) is 14.6. The number of carbonyl (C=O) groups is 2. The van der Waals surface area contributed by atoms with Crippen LogP contribution >= 0.6 is 23.2 Å². The second kappa shape index (κ2) is 14.0. The quantitative estimate of drug-likeness (QED) is 0.205. The van der Waals surface area contributed by atoms with Gasteiger partial charge in [0.25, 0.3) is 0 Å². The Labute approximate surface area is 252 Å². The fourth-order valence-electron chi connectivity index (χ4n) is 5.19. The monoisotopic (exact) mass is 594 g/mol. The normalized spacial score (nSPS) is 15.3. The van der Waals surface area contributed by atoms with E-state index in [0.717, 1.165) is 29.5 Å². The molecule has 1 aliphatic heterocycles. The third-order valence-corrected chi connectivity index (χ3v) is 7.96. The molecule has 4 rings (SSSR count). The lowest BCUT2D eigenvalue weighted by Gasteiger charge is -2.51. The van der Waals surface area contributed by atoms with Gasteiger partial charge in [0.1, 0.15) is 11.6 Å². The highest BCUT2D eigenvalue weighted by molar-refractivity contribution is 6.35. The largest absolute Gasteiger partial charge is 0.367 e. The lowest BCUT2D eigenvalue weighted by atomic mass is 9.82. The molecule has 2 unspecified atom stereocenters. The van der Waals surface area contributed by atoms with Crippen molar-refractivity contribution in [2.75, 3.05) is 19.7 Å². The van der Waals surface area contributed by atoms with Gasteiger partial charge in [0.2, 0.25) is 11.8 Å². The number of ether oxygens (including phenoxy) is 1. The molecule has 41 heavy (non-hydrogen) atoms. The van der Waals surface area contributed by atoms with Gasteiger partial charge in [-0.25, -0.2) is 4.98 Å². The number of aryl methyl sites for hydroxylation is 1. The SMILES string of the molecule is CC#CC(CC(=O)NC(Cc1ccc(Cl)cc1Cl)C(=O)N1CC(OCCCC)(c2ccccc2C)C1)c1c[nH]cn1. The summed E-state index contributed by atoms with van der Waals surface area (Å²) >= 11 is 12.6. The number of aromatic nitrogens is 2. The van der Waals surface area contributed by atoms with Crippen molar-refractivity contribution >= 4 is 35.0 Å². The molecule has 0 bridgehead atoms. The van der Waals surface area contributed by atoms with Crippen LogP contribution in [0.15, 0.2) is 55.0 Å². The van der Waals surface area contributed by atoms with Crippen LogP contribution in [0.1, 0.15) is 61.4 Å².